The van der Waals surface area contributed by atoms with Crippen molar-refractivity contribution < 1.29 is 19.0 Å². The Morgan fingerprint density at radius 3 is 2.34 bits per heavy atom. The number of amides is 1. The molecule has 0 atom stereocenters. The lowest BCUT2D eigenvalue weighted by Gasteiger charge is -2.36. The van der Waals surface area contributed by atoms with Gasteiger partial charge in [0.2, 0.25) is 11.8 Å². The first-order valence-electron chi connectivity index (χ1n) is 16.0. The monoisotopic (exact) mass is 658 g/mol. The van der Waals surface area contributed by atoms with Gasteiger partial charge < -0.3 is 24.8 Å². The van der Waals surface area contributed by atoms with Crippen molar-refractivity contribution in [1.29, 1.82) is 0 Å². The number of carbonyl (C=O) groups excluding carboxylic acids is 1. The molecule has 1 aliphatic heterocycles. The number of carbonyl (C=O) groups is 1. The van der Waals surface area contributed by atoms with E-state index in [0.717, 1.165) is 49.5 Å². The topological polar surface area (TPSA) is 101 Å². The predicted molar refractivity (Wildman–Crippen MR) is 187 cm³/mol. The van der Waals surface area contributed by atoms with Gasteiger partial charge in [0.05, 0.1) is 11.6 Å². The highest BCUT2D eigenvalue weighted by atomic mass is 35.5. The van der Waals surface area contributed by atoms with E-state index >= 15 is 0 Å². The second-order valence-corrected chi connectivity index (χ2v) is 12.1. The van der Waals surface area contributed by atoms with Gasteiger partial charge in [-0.3, -0.25) is 14.6 Å². The van der Waals surface area contributed by atoms with Crippen LogP contribution in [0.4, 0.5) is 17.3 Å². The van der Waals surface area contributed by atoms with Crippen LogP contribution in [0.3, 0.4) is 0 Å². The van der Waals surface area contributed by atoms with Crippen LogP contribution in [0.2, 0.25) is 5.02 Å². The molecule has 3 aromatic carbocycles. The van der Waals surface area contributed by atoms with Crippen molar-refractivity contribution in [3.05, 3.63) is 88.6 Å². The summed E-state index contributed by atoms with van der Waals surface area (Å²) in [6, 6.07) is 19.1. The molecule has 2 heterocycles. The number of nitrogens with one attached hydrogen (secondary N) is 2. The molecule has 47 heavy (non-hydrogen) atoms. The van der Waals surface area contributed by atoms with Crippen LogP contribution in [-0.2, 0) is 0 Å². The second kappa shape index (κ2) is 15.9. The Labute approximate surface area is 282 Å². The average Bonchev–Trinajstić information content (AvgIpc) is 3.05. The van der Waals surface area contributed by atoms with Crippen molar-refractivity contribution in [3.8, 4) is 23.1 Å². The van der Waals surface area contributed by atoms with E-state index in [0.29, 0.717) is 47.2 Å². The molecule has 0 radical (unpaired) electrons. The molecule has 0 unspecified atom stereocenters. The number of hydrogen-bond acceptors (Lipinski definition) is 9. The zero-order valence-electron chi connectivity index (χ0n) is 27.7. The van der Waals surface area contributed by atoms with Crippen molar-refractivity contribution in [2.45, 2.75) is 40.7 Å². The van der Waals surface area contributed by atoms with Gasteiger partial charge in [-0.25, -0.2) is 4.98 Å². The van der Waals surface area contributed by atoms with Crippen LogP contribution in [0.15, 0.2) is 66.9 Å². The summed E-state index contributed by atoms with van der Waals surface area (Å²) >= 11 is 6.61. The fraction of sp³-hybridized carbons (Fsp3) is 0.361. The summed E-state index contributed by atoms with van der Waals surface area (Å²) in [4.78, 5) is 27.5. The first kappa shape index (κ1) is 34.0. The summed E-state index contributed by atoms with van der Waals surface area (Å²) < 4.78 is 18.0. The van der Waals surface area contributed by atoms with Crippen LogP contribution in [0.5, 0.6) is 23.1 Å². The third-order valence-corrected chi connectivity index (χ3v) is 8.36. The summed E-state index contributed by atoms with van der Waals surface area (Å²) in [6.07, 6.45) is 1.44. The van der Waals surface area contributed by atoms with Gasteiger partial charge in [-0.2, -0.15) is 4.98 Å². The van der Waals surface area contributed by atoms with Gasteiger partial charge in [-0.05, 0) is 76.1 Å². The van der Waals surface area contributed by atoms with E-state index in [9.17, 15) is 4.79 Å². The van der Waals surface area contributed by atoms with Gasteiger partial charge in [0.25, 0.3) is 5.91 Å². The lowest BCUT2D eigenvalue weighted by molar-refractivity contribution is 0.0971. The smallest absolute Gasteiger partial charge is 0.262 e. The third kappa shape index (κ3) is 8.91. The fourth-order valence-electron chi connectivity index (χ4n) is 5.38. The molecule has 248 valence electrons. The van der Waals surface area contributed by atoms with Crippen LogP contribution in [0.1, 0.15) is 42.3 Å². The number of para-hydroxylation sites is 3. The average molecular weight is 659 g/mol. The predicted octanol–water partition coefficient (Wildman–Crippen LogP) is 7.34. The number of benzene rings is 3. The van der Waals surface area contributed by atoms with Crippen LogP contribution < -0.4 is 24.8 Å². The Kier molecular flexibility index (Phi) is 11.5. The van der Waals surface area contributed by atoms with Gasteiger partial charge in [0.15, 0.2) is 11.5 Å². The number of aryl methyl sites for hydroxylation is 2. The molecule has 1 fully saturated rings. The maximum atomic E-state index is 13.6. The molecule has 1 aromatic heterocycles. The third-order valence-electron chi connectivity index (χ3n) is 8.06. The Balaban J connectivity index is 1.30. The summed E-state index contributed by atoms with van der Waals surface area (Å²) in [7, 11) is 0. The molecule has 2 N–H and O–H groups in total. The van der Waals surface area contributed by atoms with E-state index < -0.39 is 5.91 Å². The maximum absolute atomic E-state index is 13.6. The van der Waals surface area contributed by atoms with Crippen LogP contribution in [-0.4, -0.2) is 77.7 Å². The van der Waals surface area contributed by atoms with Gasteiger partial charge in [-0.1, -0.05) is 41.9 Å². The van der Waals surface area contributed by atoms with E-state index in [1.165, 1.54) is 6.20 Å². The number of anilines is 3. The van der Waals surface area contributed by atoms with Gasteiger partial charge >= 0.3 is 0 Å². The number of rotatable bonds is 13. The first-order chi connectivity index (χ1) is 22.7. The molecule has 10 nitrogen and oxygen atoms in total. The molecule has 1 saturated heterocycles. The highest BCUT2D eigenvalue weighted by Crippen LogP contribution is 2.34. The first-order valence-corrected chi connectivity index (χ1v) is 16.4. The van der Waals surface area contributed by atoms with Crippen molar-refractivity contribution in [2.75, 3.05) is 56.6 Å². The summed E-state index contributed by atoms with van der Waals surface area (Å²) in [5, 5.41) is 6.64. The number of nitrogens with zero attached hydrogens (tertiary/aromatic N) is 4. The van der Waals surface area contributed by atoms with Gasteiger partial charge in [0, 0.05) is 56.3 Å². The fourth-order valence-corrected chi connectivity index (χ4v) is 5.61. The zero-order valence-corrected chi connectivity index (χ0v) is 28.4. The molecule has 0 saturated carbocycles. The summed E-state index contributed by atoms with van der Waals surface area (Å²) in [5.41, 5.74) is 3.43. The number of piperazine rings is 1. The van der Waals surface area contributed by atoms with Gasteiger partial charge in [-0.15, -0.1) is 0 Å². The standard InChI is InChI=1S/C36H43ClN6O4/c1-6-45-31-12-7-8-13-32(31)47-35-28(34(44)40-33-25(4)10-9-11-26(33)5)23-38-36(41-35)39-27-14-15-30(29(37)22-27)46-21-20-42-16-18-43(19-17-42)24(2)3/h7-15,22-24H,6,16-21H2,1-5H3,(H,40,44)(H,38,39,41). The number of aromatic nitrogens is 2. The highest BCUT2D eigenvalue weighted by molar-refractivity contribution is 6.32. The summed E-state index contributed by atoms with van der Waals surface area (Å²) in [5.74, 6) is 1.45. The molecule has 0 bridgehead atoms. The zero-order chi connectivity index (χ0) is 33.3. The van der Waals surface area contributed by atoms with E-state index in [2.05, 4.69) is 44.2 Å². The Morgan fingerprint density at radius 2 is 1.66 bits per heavy atom. The number of halogens is 1. The Morgan fingerprint density at radius 1 is 0.936 bits per heavy atom. The molecule has 1 amide bonds. The minimum Gasteiger partial charge on any atom is -0.491 e. The van der Waals surface area contributed by atoms with Crippen LogP contribution in [0.25, 0.3) is 0 Å². The maximum Gasteiger partial charge on any atom is 0.262 e. The molecule has 1 aliphatic rings. The van der Waals surface area contributed by atoms with E-state index in [1.807, 2.05) is 63.2 Å². The van der Waals surface area contributed by atoms with E-state index in [-0.39, 0.29) is 17.4 Å². The molecular weight excluding hydrogens is 616 g/mol. The lowest BCUT2D eigenvalue weighted by Crippen LogP contribution is -2.49. The molecule has 0 aliphatic carbocycles. The Bertz CT molecular complexity index is 1660. The largest absolute Gasteiger partial charge is 0.491 e. The van der Waals surface area contributed by atoms with Crippen LogP contribution >= 0.6 is 11.6 Å². The van der Waals surface area contributed by atoms with Crippen molar-refractivity contribution in [1.82, 2.24) is 19.8 Å². The minimum absolute atomic E-state index is 0.0682. The van der Waals surface area contributed by atoms with Crippen molar-refractivity contribution in [2.24, 2.45) is 0 Å². The van der Waals surface area contributed by atoms with Crippen LogP contribution in [0, 0.1) is 13.8 Å². The van der Waals surface area contributed by atoms with E-state index in [1.54, 1.807) is 18.2 Å². The van der Waals surface area contributed by atoms with Crippen molar-refractivity contribution >= 4 is 34.8 Å². The lowest BCUT2D eigenvalue weighted by atomic mass is 10.1. The van der Waals surface area contributed by atoms with E-state index in [4.69, 9.17) is 25.8 Å². The highest BCUT2D eigenvalue weighted by Gasteiger charge is 2.21. The normalized spacial score (nSPS) is 13.8. The summed E-state index contributed by atoms with van der Waals surface area (Å²) in [6.45, 7) is 16.3. The number of hydrogen-bond donors (Lipinski definition) is 2. The SMILES string of the molecule is CCOc1ccccc1Oc1nc(Nc2ccc(OCCN3CCN(C(C)C)CC3)c(Cl)c2)ncc1C(=O)Nc1c(C)cccc1C. The molecule has 11 heteroatoms. The second-order valence-electron chi connectivity index (χ2n) is 11.7. The minimum atomic E-state index is -0.399. The molecular formula is C36H43ClN6O4. The molecule has 0 spiro atoms. The number of ether oxygens (including phenoxy) is 3. The van der Waals surface area contributed by atoms with Crippen molar-refractivity contribution in [3.63, 3.8) is 0 Å². The Hall–Kier alpha value is -4.38. The molecule has 4 aromatic rings. The molecule has 5 rings (SSSR count). The van der Waals surface area contributed by atoms with Gasteiger partial charge in [0.1, 0.15) is 17.9 Å². The quantitative estimate of drug-likeness (QED) is 0.153.